The third-order valence-electron chi connectivity index (χ3n) is 2.22. The van der Waals surface area contributed by atoms with Crippen molar-refractivity contribution < 1.29 is 13.9 Å². The molecule has 0 aromatic carbocycles. The average molecular weight is 179 g/mol. The first-order valence-electron chi connectivity index (χ1n) is 4.33. The van der Waals surface area contributed by atoms with Crippen molar-refractivity contribution in [2.75, 3.05) is 19.7 Å². The van der Waals surface area contributed by atoms with Gasteiger partial charge < -0.3 is 10.4 Å². The summed E-state index contributed by atoms with van der Waals surface area (Å²) in [5.41, 5.74) is 0. The van der Waals surface area contributed by atoms with Crippen molar-refractivity contribution in [1.29, 1.82) is 0 Å². The molecule has 2 nitrogen and oxygen atoms in total. The van der Waals surface area contributed by atoms with Gasteiger partial charge >= 0.3 is 0 Å². The molecule has 0 aliphatic carbocycles. The predicted octanol–water partition coefficient (Wildman–Crippen LogP) is 1.00. The highest BCUT2D eigenvalue weighted by molar-refractivity contribution is 4.76. The highest BCUT2D eigenvalue weighted by Crippen LogP contribution is 2.26. The standard InChI is InChI=1S/C8H15F2NO/c9-8(10,6-12)4-7-2-1-3-11-5-7/h7,11-12H,1-6H2. The number of rotatable bonds is 3. The van der Waals surface area contributed by atoms with E-state index in [9.17, 15) is 8.78 Å². The van der Waals surface area contributed by atoms with E-state index in [1.54, 1.807) is 0 Å². The van der Waals surface area contributed by atoms with Crippen LogP contribution in [0.3, 0.4) is 0 Å². The van der Waals surface area contributed by atoms with Gasteiger partial charge in [0.1, 0.15) is 6.61 Å². The number of aliphatic hydroxyl groups is 1. The van der Waals surface area contributed by atoms with Crippen LogP contribution < -0.4 is 5.32 Å². The van der Waals surface area contributed by atoms with Crippen molar-refractivity contribution in [1.82, 2.24) is 5.32 Å². The molecule has 4 heteroatoms. The van der Waals surface area contributed by atoms with Gasteiger partial charge in [0.15, 0.2) is 0 Å². The predicted molar refractivity (Wildman–Crippen MR) is 42.2 cm³/mol. The third kappa shape index (κ3) is 3.03. The van der Waals surface area contributed by atoms with Gasteiger partial charge in [-0.05, 0) is 31.8 Å². The van der Waals surface area contributed by atoms with Crippen molar-refractivity contribution in [3.05, 3.63) is 0 Å². The molecular weight excluding hydrogens is 164 g/mol. The summed E-state index contributed by atoms with van der Waals surface area (Å²) in [5, 5.41) is 11.4. The van der Waals surface area contributed by atoms with Crippen LogP contribution in [0.1, 0.15) is 19.3 Å². The largest absolute Gasteiger partial charge is 0.390 e. The molecule has 0 spiro atoms. The van der Waals surface area contributed by atoms with Gasteiger partial charge in [-0.25, -0.2) is 8.78 Å². The van der Waals surface area contributed by atoms with Crippen LogP contribution in [0, 0.1) is 5.92 Å². The molecule has 2 N–H and O–H groups in total. The lowest BCUT2D eigenvalue weighted by Crippen LogP contribution is -2.35. The Morgan fingerprint density at radius 1 is 1.50 bits per heavy atom. The number of halogens is 2. The molecule has 1 aliphatic rings. The maximum absolute atomic E-state index is 12.7. The van der Waals surface area contributed by atoms with Crippen LogP contribution in [0.4, 0.5) is 8.78 Å². The number of alkyl halides is 2. The van der Waals surface area contributed by atoms with Crippen LogP contribution in [0.25, 0.3) is 0 Å². The second-order valence-electron chi connectivity index (χ2n) is 3.43. The molecule has 1 atom stereocenters. The van der Waals surface area contributed by atoms with Gasteiger partial charge in [0, 0.05) is 6.42 Å². The molecule has 0 aromatic rings. The lowest BCUT2D eigenvalue weighted by atomic mass is 9.93. The molecule has 12 heavy (non-hydrogen) atoms. The van der Waals surface area contributed by atoms with Crippen LogP contribution in [-0.2, 0) is 0 Å². The molecule has 0 radical (unpaired) electrons. The lowest BCUT2D eigenvalue weighted by Gasteiger charge is -2.25. The summed E-state index contributed by atoms with van der Waals surface area (Å²) in [5.74, 6) is -2.86. The molecule has 0 bridgehead atoms. The van der Waals surface area contributed by atoms with E-state index in [4.69, 9.17) is 5.11 Å². The van der Waals surface area contributed by atoms with Gasteiger partial charge in [-0.2, -0.15) is 0 Å². The molecule has 0 aromatic heterocycles. The summed E-state index contributed by atoms with van der Waals surface area (Å²) >= 11 is 0. The van der Waals surface area contributed by atoms with E-state index in [0.717, 1.165) is 19.4 Å². The van der Waals surface area contributed by atoms with Crippen LogP contribution in [0.5, 0.6) is 0 Å². The summed E-state index contributed by atoms with van der Waals surface area (Å²) < 4.78 is 25.3. The van der Waals surface area contributed by atoms with Crippen molar-refractivity contribution in [2.45, 2.75) is 25.2 Å². The molecule has 1 rings (SSSR count). The summed E-state index contributed by atoms with van der Waals surface area (Å²) in [6, 6.07) is 0. The molecule has 1 aliphatic heterocycles. The summed E-state index contributed by atoms with van der Waals surface area (Å²) in [6.45, 7) is 0.570. The Bertz CT molecular complexity index is 135. The number of hydrogen-bond donors (Lipinski definition) is 2. The van der Waals surface area contributed by atoms with Gasteiger partial charge in [-0.15, -0.1) is 0 Å². The van der Waals surface area contributed by atoms with Gasteiger partial charge in [-0.1, -0.05) is 0 Å². The Morgan fingerprint density at radius 3 is 2.75 bits per heavy atom. The fourth-order valence-corrected chi connectivity index (χ4v) is 1.59. The SMILES string of the molecule is OCC(F)(F)CC1CCCNC1. The van der Waals surface area contributed by atoms with Crippen LogP contribution in [0.15, 0.2) is 0 Å². The van der Waals surface area contributed by atoms with E-state index >= 15 is 0 Å². The molecule has 1 fully saturated rings. The molecule has 1 heterocycles. The minimum Gasteiger partial charge on any atom is -0.390 e. The maximum atomic E-state index is 12.7. The Balaban J connectivity index is 2.28. The summed E-state index contributed by atoms with van der Waals surface area (Å²) in [4.78, 5) is 0. The molecule has 0 saturated carbocycles. The normalized spacial score (nSPS) is 25.8. The van der Waals surface area contributed by atoms with Gasteiger partial charge in [0.2, 0.25) is 0 Å². The Kier molecular flexibility index (Phi) is 3.40. The molecule has 1 saturated heterocycles. The van der Waals surface area contributed by atoms with E-state index in [2.05, 4.69) is 5.32 Å². The van der Waals surface area contributed by atoms with Crippen molar-refractivity contribution >= 4 is 0 Å². The molecule has 1 unspecified atom stereocenters. The van der Waals surface area contributed by atoms with E-state index in [1.165, 1.54) is 0 Å². The fourth-order valence-electron chi connectivity index (χ4n) is 1.59. The Hall–Kier alpha value is -0.220. The minimum atomic E-state index is -2.89. The first-order valence-corrected chi connectivity index (χ1v) is 4.33. The number of hydrogen-bond acceptors (Lipinski definition) is 2. The van der Waals surface area contributed by atoms with E-state index < -0.39 is 12.5 Å². The van der Waals surface area contributed by atoms with Gasteiger partial charge in [0.25, 0.3) is 5.92 Å². The smallest absolute Gasteiger partial charge is 0.271 e. The maximum Gasteiger partial charge on any atom is 0.271 e. The first-order chi connectivity index (χ1) is 5.64. The van der Waals surface area contributed by atoms with Crippen molar-refractivity contribution in [3.8, 4) is 0 Å². The van der Waals surface area contributed by atoms with E-state index in [0.29, 0.717) is 6.54 Å². The quantitative estimate of drug-likeness (QED) is 0.677. The molecule has 0 amide bonds. The first kappa shape index (κ1) is 9.86. The summed E-state index contributed by atoms with van der Waals surface area (Å²) in [7, 11) is 0. The van der Waals surface area contributed by atoms with Crippen LogP contribution in [0.2, 0.25) is 0 Å². The minimum absolute atomic E-state index is 0.0286. The van der Waals surface area contributed by atoms with Gasteiger partial charge in [-0.3, -0.25) is 0 Å². The topological polar surface area (TPSA) is 32.3 Å². The molecular formula is C8H15F2NO. The number of piperidine rings is 1. The second-order valence-corrected chi connectivity index (χ2v) is 3.43. The van der Waals surface area contributed by atoms with Gasteiger partial charge in [0.05, 0.1) is 0 Å². The lowest BCUT2D eigenvalue weighted by molar-refractivity contribution is -0.0694. The zero-order chi connectivity index (χ0) is 9.03. The molecule has 72 valence electrons. The highest BCUT2D eigenvalue weighted by atomic mass is 19.3. The zero-order valence-electron chi connectivity index (χ0n) is 7.02. The van der Waals surface area contributed by atoms with E-state index in [1.807, 2.05) is 0 Å². The van der Waals surface area contributed by atoms with Crippen molar-refractivity contribution in [2.24, 2.45) is 5.92 Å². The Labute approximate surface area is 71.0 Å². The van der Waals surface area contributed by atoms with Crippen LogP contribution >= 0.6 is 0 Å². The second kappa shape index (κ2) is 4.14. The fraction of sp³-hybridized carbons (Fsp3) is 1.00. The number of aliphatic hydroxyl groups excluding tert-OH is 1. The number of nitrogens with one attached hydrogen (secondary N) is 1. The zero-order valence-corrected chi connectivity index (χ0v) is 7.02. The van der Waals surface area contributed by atoms with E-state index in [-0.39, 0.29) is 12.3 Å². The summed E-state index contributed by atoms with van der Waals surface area (Å²) in [6.07, 6.45) is 1.63. The highest BCUT2D eigenvalue weighted by Gasteiger charge is 2.32. The van der Waals surface area contributed by atoms with Crippen LogP contribution in [-0.4, -0.2) is 30.7 Å². The monoisotopic (exact) mass is 179 g/mol. The average Bonchev–Trinajstić information content (AvgIpc) is 2.06. The third-order valence-corrected chi connectivity index (χ3v) is 2.22. The van der Waals surface area contributed by atoms with Crippen molar-refractivity contribution in [3.63, 3.8) is 0 Å². The Morgan fingerprint density at radius 2 is 2.25 bits per heavy atom.